The highest BCUT2D eigenvalue weighted by atomic mass is 19.1. The number of carbonyl (C=O) groups is 2. The number of rotatable bonds is 3. The molecule has 2 aromatic rings. The van der Waals surface area contributed by atoms with E-state index < -0.39 is 23.7 Å². The van der Waals surface area contributed by atoms with E-state index in [4.69, 9.17) is 9.52 Å². The maximum atomic E-state index is 12.9. The van der Waals surface area contributed by atoms with Crippen molar-refractivity contribution in [1.82, 2.24) is 10.3 Å². The number of oxazole rings is 1. The largest absolute Gasteiger partial charge is 0.465 e. The Balaban J connectivity index is 2.30. The molecule has 0 bridgehead atoms. The van der Waals surface area contributed by atoms with Crippen LogP contribution in [0.4, 0.5) is 9.18 Å². The Morgan fingerprint density at radius 3 is 2.89 bits per heavy atom. The van der Waals surface area contributed by atoms with E-state index in [9.17, 15) is 14.0 Å². The number of carboxylic acid groups (broad SMARTS) is 1. The Labute approximate surface area is 100 Å². The second-order valence-corrected chi connectivity index (χ2v) is 3.67. The first kappa shape index (κ1) is 12.0. The first-order chi connectivity index (χ1) is 8.47. The Bertz CT molecular complexity index is 623. The summed E-state index contributed by atoms with van der Waals surface area (Å²) in [6, 6.07) is 2.69. The summed E-state index contributed by atoms with van der Waals surface area (Å²) in [7, 11) is 0. The Hall–Kier alpha value is -2.44. The molecule has 0 aliphatic carbocycles. The normalized spacial score (nSPS) is 12.3. The van der Waals surface area contributed by atoms with Crippen LogP contribution in [0.1, 0.15) is 17.6 Å². The molecule has 0 spiro atoms. The molecule has 0 aliphatic heterocycles. The summed E-state index contributed by atoms with van der Waals surface area (Å²) >= 11 is 0. The van der Waals surface area contributed by atoms with Crippen molar-refractivity contribution in [1.29, 1.82) is 0 Å². The molecule has 18 heavy (non-hydrogen) atoms. The van der Waals surface area contributed by atoms with Crippen molar-refractivity contribution in [2.45, 2.75) is 13.0 Å². The number of benzene rings is 1. The molecule has 7 heteroatoms. The second kappa shape index (κ2) is 4.44. The van der Waals surface area contributed by atoms with E-state index in [0.29, 0.717) is 5.52 Å². The van der Waals surface area contributed by atoms with Crippen LogP contribution in [0.3, 0.4) is 0 Å². The van der Waals surface area contributed by atoms with Crippen molar-refractivity contribution in [3.63, 3.8) is 0 Å². The average molecular weight is 252 g/mol. The van der Waals surface area contributed by atoms with Crippen LogP contribution in [0.15, 0.2) is 22.6 Å². The molecule has 0 saturated heterocycles. The minimum atomic E-state index is -1.32. The van der Waals surface area contributed by atoms with Crippen LogP contribution in [0.25, 0.3) is 11.1 Å². The molecule has 1 aromatic heterocycles. The SMILES string of the molecule is CC(NC(=O)O)C(=O)c1nc2ccc(F)cc2o1. The Kier molecular flexibility index (Phi) is 2.97. The fraction of sp³-hybridized carbons (Fsp3) is 0.182. The van der Waals surface area contributed by atoms with Gasteiger partial charge in [-0.3, -0.25) is 4.79 Å². The molecule has 1 unspecified atom stereocenters. The summed E-state index contributed by atoms with van der Waals surface area (Å²) in [5, 5.41) is 10.5. The molecule has 2 rings (SSSR count). The molecule has 0 saturated carbocycles. The van der Waals surface area contributed by atoms with Crippen LogP contribution in [0.5, 0.6) is 0 Å². The smallest absolute Gasteiger partial charge is 0.405 e. The average Bonchev–Trinajstić information content (AvgIpc) is 2.69. The highest BCUT2D eigenvalue weighted by Gasteiger charge is 2.22. The molecule has 0 aliphatic rings. The zero-order chi connectivity index (χ0) is 13.3. The van der Waals surface area contributed by atoms with Gasteiger partial charge in [0.1, 0.15) is 11.3 Å². The van der Waals surface area contributed by atoms with Gasteiger partial charge in [0.05, 0.1) is 6.04 Å². The third-order valence-corrected chi connectivity index (χ3v) is 2.29. The molecule has 0 radical (unpaired) electrons. The molecular weight excluding hydrogens is 243 g/mol. The summed E-state index contributed by atoms with van der Waals surface area (Å²) in [6.45, 7) is 1.37. The molecule has 2 N–H and O–H groups in total. The minimum absolute atomic E-state index is 0.140. The zero-order valence-corrected chi connectivity index (χ0v) is 9.31. The fourth-order valence-corrected chi connectivity index (χ4v) is 1.44. The molecule has 0 fully saturated rings. The number of amides is 1. The van der Waals surface area contributed by atoms with E-state index in [-0.39, 0.29) is 11.5 Å². The van der Waals surface area contributed by atoms with Gasteiger partial charge in [-0.05, 0) is 19.1 Å². The molecule has 1 aromatic carbocycles. The number of carbonyl (C=O) groups excluding carboxylic acids is 1. The number of fused-ring (bicyclic) bond motifs is 1. The number of nitrogens with zero attached hydrogens (tertiary/aromatic N) is 1. The van der Waals surface area contributed by atoms with Gasteiger partial charge in [-0.25, -0.2) is 14.2 Å². The zero-order valence-electron chi connectivity index (χ0n) is 9.31. The van der Waals surface area contributed by atoms with Crippen LogP contribution in [-0.2, 0) is 0 Å². The lowest BCUT2D eigenvalue weighted by atomic mass is 10.2. The van der Waals surface area contributed by atoms with Crippen LogP contribution < -0.4 is 5.32 Å². The van der Waals surface area contributed by atoms with E-state index in [1.807, 2.05) is 5.32 Å². The van der Waals surface area contributed by atoms with E-state index >= 15 is 0 Å². The van der Waals surface area contributed by atoms with E-state index in [2.05, 4.69) is 4.98 Å². The first-order valence-electron chi connectivity index (χ1n) is 5.07. The number of ketones is 1. The highest BCUT2D eigenvalue weighted by Crippen LogP contribution is 2.17. The van der Waals surface area contributed by atoms with Gasteiger partial charge in [-0.15, -0.1) is 0 Å². The van der Waals surface area contributed by atoms with Crippen LogP contribution >= 0.6 is 0 Å². The second-order valence-electron chi connectivity index (χ2n) is 3.67. The van der Waals surface area contributed by atoms with Crippen LogP contribution in [0, 0.1) is 5.82 Å². The van der Waals surface area contributed by atoms with Crippen molar-refractivity contribution in [3.05, 3.63) is 29.9 Å². The van der Waals surface area contributed by atoms with Gasteiger partial charge in [0.2, 0.25) is 5.78 Å². The summed E-state index contributed by atoms with van der Waals surface area (Å²) in [4.78, 5) is 26.0. The van der Waals surface area contributed by atoms with Gasteiger partial charge in [0.15, 0.2) is 5.58 Å². The number of halogens is 1. The van der Waals surface area contributed by atoms with Crippen molar-refractivity contribution < 1.29 is 23.5 Å². The van der Waals surface area contributed by atoms with E-state index in [1.165, 1.54) is 19.1 Å². The molecule has 1 atom stereocenters. The highest BCUT2D eigenvalue weighted by molar-refractivity contribution is 5.99. The summed E-state index contributed by atoms with van der Waals surface area (Å²) in [5.41, 5.74) is 0.475. The molecule has 94 valence electrons. The third kappa shape index (κ3) is 2.29. The summed E-state index contributed by atoms with van der Waals surface area (Å²) < 4.78 is 18.0. The number of hydrogen-bond acceptors (Lipinski definition) is 4. The Morgan fingerprint density at radius 2 is 2.22 bits per heavy atom. The maximum Gasteiger partial charge on any atom is 0.405 e. The molecule has 6 nitrogen and oxygen atoms in total. The predicted octanol–water partition coefficient (Wildman–Crippen LogP) is 1.81. The van der Waals surface area contributed by atoms with Gasteiger partial charge < -0.3 is 14.8 Å². The van der Waals surface area contributed by atoms with Crippen LogP contribution in [0.2, 0.25) is 0 Å². The van der Waals surface area contributed by atoms with Gasteiger partial charge in [-0.2, -0.15) is 0 Å². The predicted molar refractivity (Wildman–Crippen MR) is 58.9 cm³/mol. The standard InChI is InChI=1S/C11H9FN2O4/c1-5(13-11(16)17)9(15)10-14-7-3-2-6(12)4-8(7)18-10/h2-5,13H,1H3,(H,16,17). The van der Waals surface area contributed by atoms with Crippen molar-refractivity contribution >= 4 is 23.0 Å². The maximum absolute atomic E-state index is 12.9. The number of Topliss-reactive ketones (excluding diaryl/α,β-unsaturated/α-hetero) is 1. The monoisotopic (exact) mass is 252 g/mol. The molecule has 1 heterocycles. The third-order valence-electron chi connectivity index (χ3n) is 2.29. The lowest BCUT2D eigenvalue weighted by Gasteiger charge is -2.06. The lowest BCUT2D eigenvalue weighted by Crippen LogP contribution is -2.37. The molecule has 1 amide bonds. The lowest BCUT2D eigenvalue weighted by molar-refractivity contribution is 0.0913. The summed E-state index contributed by atoms with van der Waals surface area (Å²) in [6.07, 6.45) is -1.32. The number of nitrogens with one attached hydrogen (secondary N) is 1. The van der Waals surface area contributed by atoms with Gasteiger partial charge in [0, 0.05) is 6.07 Å². The van der Waals surface area contributed by atoms with Gasteiger partial charge in [0.25, 0.3) is 5.89 Å². The van der Waals surface area contributed by atoms with E-state index in [1.54, 1.807) is 0 Å². The number of hydrogen-bond donors (Lipinski definition) is 2. The topological polar surface area (TPSA) is 92.4 Å². The van der Waals surface area contributed by atoms with E-state index in [0.717, 1.165) is 6.07 Å². The Morgan fingerprint density at radius 1 is 1.50 bits per heavy atom. The molecular formula is C11H9FN2O4. The summed E-state index contributed by atoms with van der Waals surface area (Å²) in [5.74, 6) is -1.37. The van der Waals surface area contributed by atoms with Crippen molar-refractivity contribution in [2.75, 3.05) is 0 Å². The van der Waals surface area contributed by atoms with Crippen molar-refractivity contribution in [3.8, 4) is 0 Å². The van der Waals surface area contributed by atoms with Crippen LogP contribution in [-0.4, -0.2) is 28.0 Å². The van der Waals surface area contributed by atoms with Crippen molar-refractivity contribution in [2.24, 2.45) is 0 Å². The quantitative estimate of drug-likeness (QED) is 0.812. The minimum Gasteiger partial charge on any atom is -0.465 e. The van der Waals surface area contributed by atoms with Gasteiger partial charge >= 0.3 is 6.09 Å². The first-order valence-corrected chi connectivity index (χ1v) is 5.07. The number of aromatic nitrogens is 1. The van der Waals surface area contributed by atoms with Gasteiger partial charge in [-0.1, -0.05) is 0 Å². The fourth-order valence-electron chi connectivity index (χ4n) is 1.44.